The van der Waals surface area contributed by atoms with E-state index in [1.165, 1.54) is 60.6 Å². The number of fused-ring (bicyclic) bond motifs is 2. The Labute approximate surface area is 224 Å². The summed E-state index contributed by atoms with van der Waals surface area (Å²) in [6, 6.07) is 19.2. The quantitative estimate of drug-likeness (QED) is 0.305. The van der Waals surface area contributed by atoms with Gasteiger partial charge in [-0.2, -0.15) is 0 Å². The fourth-order valence-corrected chi connectivity index (χ4v) is 6.20. The van der Waals surface area contributed by atoms with Crippen molar-refractivity contribution in [2.75, 3.05) is 19.4 Å². The van der Waals surface area contributed by atoms with E-state index in [4.69, 9.17) is 0 Å². The Morgan fingerprint density at radius 1 is 1.05 bits per heavy atom. The first-order valence-corrected chi connectivity index (χ1v) is 14.3. The third-order valence-electron chi connectivity index (χ3n) is 6.51. The summed E-state index contributed by atoms with van der Waals surface area (Å²) in [7, 11) is -0.665. The van der Waals surface area contributed by atoms with E-state index in [0.717, 1.165) is 26.2 Å². The fraction of sp³-hybridized carbons (Fsp3) is 0.179. The number of sulfonamides is 1. The monoisotopic (exact) mass is 546 g/mol. The number of carbonyl (C=O) groups excluding carboxylic acids is 1. The van der Waals surface area contributed by atoms with Gasteiger partial charge in [0.25, 0.3) is 5.56 Å². The molecule has 2 aromatic heterocycles. The van der Waals surface area contributed by atoms with E-state index in [1.54, 1.807) is 0 Å². The minimum atomic E-state index is -3.58. The van der Waals surface area contributed by atoms with Crippen LogP contribution in [0.15, 0.2) is 88.1 Å². The molecule has 0 aliphatic carbocycles. The van der Waals surface area contributed by atoms with Crippen LogP contribution < -0.4 is 10.9 Å². The molecule has 0 fully saturated rings. The summed E-state index contributed by atoms with van der Waals surface area (Å²) in [4.78, 5) is 32.2. The van der Waals surface area contributed by atoms with Gasteiger partial charge in [0.05, 0.1) is 16.6 Å². The van der Waals surface area contributed by atoms with Gasteiger partial charge >= 0.3 is 0 Å². The van der Waals surface area contributed by atoms with Gasteiger partial charge in [0.15, 0.2) is 0 Å². The largest absolute Gasteiger partial charge is 0.324 e. The second kappa shape index (κ2) is 10.1. The highest BCUT2D eigenvalue weighted by atomic mass is 32.2. The van der Waals surface area contributed by atoms with Crippen LogP contribution in [0, 0.1) is 0 Å². The molecule has 8 nitrogen and oxygen atoms in total. The number of anilines is 1. The lowest BCUT2D eigenvalue weighted by Gasteiger charge is -2.18. The van der Waals surface area contributed by atoms with Crippen molar-refractivity contribution in [3.8, 4) is 11.1 Å². The molecule has 1 N–H and O–H groups in total. The van der Waals surface area contributed by atoms with Crippen LogP contribution in [-0.2, 0) is 14.8 Å². The minimum absolute atomic E-state index is 0.122. The number of thiophene rings is 1. The van der Waals surface area contributed by atoms with E-state index in [0.29, 0.717) is 22.3 Å². The Morgan fingerprint density at radius 3 is 2.45 bits per heavy atom. The first-order valence-electron chi connectivity index (χ1n) is 12.0. The van der Waals surface area contributed by atoms with Crippen molar-refractivity contribution in [3.05, 3.63) is 88.8 Å². The maximum absolute atomic E-state index is 13.7. The first-order chi connectivity index (χ1) is 18.2. The summed E-state index contributed by atoms with van der Waals surface area (Å²) in [5, 5.41) is 7.40. The molecule has 5 rings (SSSR count). The number of nitrogens with zero attached hydrogens (tertiary/aromatic N) is 3. The summed E-state index contributed by atoms with van der Waals surface area (Å²) in [6.45, 7) is 1.82. The highest BCUT2D eigenvalue weighted by Crippen LogP contribution is 2.33. The maximum Gasteiger partial charge on any atom is 0.263 e. The van der Waals surface area contributed by atoms with Crippen LogP contribution in [-0.4, -0.2) is 42.3 Å². The zero-order chi connectivity index (χ0) is 27.0. The first kappa shape index (κ1) is 25.8. The van der Waals surface area contributed by atoms with Crippen molar-refractivity contribution in [1.29, 1.82) is 0 Å². The normalized spacial score (nSPS) is 12.7. The van der Waals surface area contributed by atoms with Gasteiger partial charge < -0.3 is 5.32 Å². The number of aromatic nitrogens is 2. The minimum Gasteiger partial charge on any atom is -0.324 e. The number of hydrogen-bond acceptors (Lipinski definition) is 6. The molecule has 1 unspecified atom stereocenters. The van der Waals surface area contributed by atoms with Crippen LogP contribution in [0.1, 0.15) is 19.4 Å². The SMILES string of the molecule is CCC(C(=O)Nc1ccc(S(=O)(=O)N(C)C)cc1)n1cnc2scc(-c3ccc4ccccc4c3)c2c1=O. The van der Waals surface area contributed by atoms with Crippen molar-refractivity contribution < 1.29 is 13.2 Å². The number of nitrogens with one attached hydrogen (secondary N) is 1. The Kier molecular flexibility index (Phi) is 6.87. The Morgan fingerprint density at radius 2 is 1.76 bits per heavy atom. The van der Waals surface area contributed by atoms with Crippen LogP contribution in [0.5, 0.6) is 0 Å². The van der Waals surface area contributed by atoms with Gasteiger partial charge in [-0.25, -0.2) is 17.7 Å². The van der Waals surface area contributed by atoms with Crippen molar-refractivity contribution in [3.63, 3.8) is 0 Å². The lowest BCUT2D eigenvalue weighted by molar-refractivity contribution is -0.119. The molecule has 10 heteroatoms. The molecular formula is C28H26N4O4S2. The van der Waals surface area contributed by atoms with Crippen LogP contribution in [0.25, 0.3) is 32.1 Å². The summed E-state index contributed by atoms with van der Waals surface area (Å²) in [5.41, 5.74) is 1.85. The number of carbonyl (C=O) groups is 1. The van der Waals surface area contributed by atoms with Gasteiger partial charge in [-0.15, -0.1) is 11.3 Å². The predicted molar refractivity (Wildman–Crippen MR) is 152 cm³/mol. The van der Waals surface area contributed by atoms with Crippen molar-refractivity contribution in [2.45, 2.75) is 24.3 Å². The molecule has 0 saturated heterocycles. The van der Waals surface area contributed by atoms with Crippen molar-refractivity contribution in [1.82, 2.24) is 13.9 Å². The zero-order valence-corrected chi connectivity index (χ0v) is 22.7. The smallest absolute Gasteiger partial charge is 0.263 e. The van der Waals surface area contributed by atoms with E-state index < -0.39 is 16.1 Å². The van der Waals surface area contributed by atoms with Crippen molar-refractivity contribution >= 4 is 53.9 Å². The Hall–Kier alpha value is -3.86. The molecular weight excluding hydrogens is 520 g/mol. The molecule has 3 aromatic carbocycles. The van der Waals surface area contributed by atoms with Gasteiger partial charge in [-0.05, 0) is 53.1 Å². The summed E-state index contributed by atoms with van der Waals surface area (Å²) >= 11 is 1.40. The third kappa shape index (κ3) is 4.62. The van der Waals surface area contributed by atoms with Crippen LogP contribution in [0.2, 0.25) is 0 Å². The van der Waals surface area contributed by atoms with Crippen molar-refractivity contribution in [2.24, 2.45) is 0 Å². The second-order valence-corrected chi connectivity index (χ2v) is 12.1. The maximum atomic E-state index is 13.7. The van der Waals surface area contributed by atoms with Gasteiger partial charge in [0.1, 0.15) is 10.9 Å². The Balaban J connectivity index is 1.47. The van der Waals surface area contributed by atoms with Gasteiger partial charge in [0.2, 0.25) is 15.9 Å². The molecule has 0 bridgehead atoms. The summed E-state index contributed by atoms with van der Waals surface area (Å²) in [6.07, 6.45) is 1.79. The molecule has 1 atom stereocenters. The van der Waals surface area contributed by atoms with E-state index in [-0.39, 0.29) is 16.4 Å². The molecule has 0 radical (unpaired) electrons. The van der Waals surface area contributed by atoms with Crippen LogP contribution in [0.4, 0.5) is 5.69 Å². The molecule has 194 valence electrons. The van der Waals surface area contributed by atoms with Gasteiger partial charge in [-0.1, -0.05) is 43.3 Å². The zero-order valence-electron chi connectivity index (χ0n) is 21.1. The standard InChI is InChI=1S/C28H26N4O4S2/c1-4-24(26(33)30-21-11-13-22(14-12-21)38(35,36)31(2)3)32-17-29-27-25(28(32)34)23(16-37-27)20-10-9-18-7-5-6-8-19(18)15-20/h5-17,24H,4H2,1-3H3,(H,30,33). The molecule has 0 aliphatic heterocycles. The summed E-state index contributed by atoms with van der Waals surface area (Å²) < 4.78 is 27.1. The van der Waals surface area contributed by atoms with Crippen LogP contribution in [0.3, 0.4) is 0 Å². The van der Waals surface area contributed by atoms with Gasteiger partial charge in [0, 0.05) is 30.7 Å². The average molecular weight is 547 g/mol. The number of rotatable bonds is 7. The van der Waals surface area contributed by atoms with E-state index in [1.807, 2.05) is 48.7 Å². The topological polar surface area (TPSA) is 101 Å². The Bertz CT molecular complexity index is 1820. The number of benzene rings is 3. The number of amides is 1. The molecule has 2 heterocycles. The molecule has 38 heavy (non-hydrogen) atoms. The average Bonchev–Trinajstić information content (AvgIpc) is 3.35. The predicted octanol–water partition coefficient (Wildman–Crippen LogP) is 5.12. The lowest BCUT2D eigenvalue weighted by Crippen LogP contribution is -2.33. The molecule has 0 aliphatic rings. The van der Waals surface area contributed by atoms with Gasteiger partial charge in [-0.3, -0.25) is 14.2 Å². The molecule has 0 spiro atoms. The summed E-state index contributed by atoms with van der Waals surface area (Å²) in [5.74, 6) is -0.388. The fourth-order valence-electron chi connectivity index (χ4n) is 4.39. The number of hydrogen-bond donors (Lipinski definition) is 1. The van der Waals surface area contributed by atoms with E-state index in [9.17, 15) is 18.0 Å². The highest BCUT2D eigenvalue weighted by molar-refractivity contribution is 7.89. The molecule has 1 amide bonds. The van der Waals surface area contributed by atoms with E-state index in [2.05, 4.69) is 16.4 Å². The molecule has 5 aromatic rings. The van der Waals surface area contributed by atoms with Crippen LogP contribution >= 0.6 is 11.3 Å². The highest BCUT2D eigenvalue weighted by Gasteiger charge is 2.23. The second-order valence-electron chi connectivity index (χ2n) is 9.07. The third-order valence-corrected chi connectivity index (χ3v) is 9.22. The lowest BCUT2D eigenvalue weighted by atomic mass is 10.0. The molecule has 0 saturated carbocycles. The van der Waals surface area contributed by atoms with E-state index >= 15 is 0 Å².